The van der Waals surface area contributed by atoms with Gasteiger partial charge in [0, 0.05) is 6.54 Å². The zero-order valence-corrected chi connectivity index (χ0v) is 9.02. The Morgan fingerprint density at radius 2 is 2.17 bits per heavy atom. The van der Waals surface area contributed by atoms with Crippen molar-refractivity contribution >= 4 is 5.69 Å². The lowest BCUT2D eigenvalue weighted by Gasteiger charge is -2.11. The molecule has 18 heavy (non-hydrogen) atoms. The molecule has 0 aliphatic heterocycles. The van der Waals surface area contributed by atoms with Crippen LogP contribution < -0.4 is 15.2 Å². The third-order valence-corrected chi connectivity index (χ3v) is 1.90. The Kier molecular flexibility index (Phi) is 3.91. The van der Waals surface area contributed by atoms with E-state index >= 15 is 0 Å². The summed E-state index contributed by atoms with van der Waals surface area (Å²) >= 11 is 0. The Labute approximate surface area is 98.5 Å². The average molecular weight is 267 g/mol. The molecule has 0 saturated carbocycles. The van der Waals surface area contributed by atoms with Crippen molar-refractivity contribution in [3.8, 4) is 11.6 Å². The molecule has 0 fully saturated rings. The van der Waals surface area contributed by atoms with Crippen molar-refractivity contribution in [3.05, 3.63) is 21.9 Å². The number of aromatic nitrogens is 1. The largest absolute Gasteiger partial charge is 0.574 e. The number of hydrogen-bond donors (Lipinski definition) is 1. The third kappa shape index (κ3) is 2.97. The van der Waals surface area contributed by atoms with E-state index in [9.17, 15) is 23.3 Å². The third-order valence-electron chi connectivity index (χ3n) is 1.90. The topological polar surface area (TPSA) is 101 Å². The van der Waals surface area contributed by atoms with Gasteiger partial charge in [-0.15, -0.1) is 13.2 Å². The zero-order chi connectivity index (χ0) is 13.9. The van der Waals surface area contributed by atoms with Crippen LogP contribution in [0.15, 0.2) is 6.20 Å². The Morgan fingerprint density at radius 1 is 1.56 bits per heavy atom. The van der Waals surface area contributed by atoms with Crippen LogP contribution in [0.4, 0.5) is 18.9 Å². The Bertz CT molecular complexity index is 464. The highest BCUT2D eigenvalue weighted by molar-refractivity contribution is 5.54. The van der Waals surface area contributed by atoms with Crippen LogP contribution in [0.5, 0.6) is 11.6 Å². The van der Waals surface area contributed by atoms with E-state index in [0.717, 1.165) is 6.20 Å². The molecular formula is C8H8F3N3O4. The molecule has 0 spiro atoms. The number of halogens is 3. The van der Waals surface area contributed by atoms with Gasteiger partial charge in [0.15, 0.2) is 0 Å². The molecule has 0 atom stereocenters. The van der Waals surface area contributed by atoms with Gasteiger partial charge in [0.2, 0.25) is 0 Å². The fourth-order valence-electron chi connectivity index (χ4n) is 1.25. The van der Waals surface area contributed by atoms with Crippen LogP contribution in [0, 0.1) is 10.1 Å². The lowest BCUT2D eigenvalue weighted by atomic mass is 10.2. The molecule has 0 aliphatic carbocycles. The van der Waals surface area contributed by atoms with E-state index in [0.29, 0.717) is 0 Å². The van der Waals surface area contributed by atoms with Gasteiger partial charge in [0.1, 0.15) is 5.75 Å². The monoisotopic (exact) mass is 267 g/mol. The maximum Gasteiger partial charge on any atom is 0.574 e. The van der Waals surface area contributed by atoms with Crippen molar-refractivity contribution in [1.29, 1.82) is 0 Å². The van der Waals surface area contributed by atoms with Crippen LogP contribution >= 0.6 is 0 Å². The number of nitrogens with zero attached hydrogens (tertiary/aromatic N) is 2. The van der Waals surface area contributed by atoms with Crippen LogP contribution in [0.2, 0.25) is 0 Å². The van der Waals surface area contributed by atoms with Gasteiger partial charge in [-0.2, -0.15) is 0 Å². The highest BCUT2D eigenvalue weighted by atomic mass is 19.4. The van der Waals surface area contributed by atoms with E-state index < -0.39 is 29.4 Å². The van der Waals surface area contributed by atoms with Gasteiger partial charge in [-0.05, 0) is 0 Å². The Morgan fingerprint density at radius 3 is 2.56 bits per heavy atom. The fraction of sp³-hybridized carbons (Fsp3) is 0.375. The Hall–Kier alpha value is -2.10. The highest BCUT2D eigenvalue weighted by Gasteiger charge is 2.37. The van der Waals surface area contributed by atoms with Gasteiger partial charge in [-0.25, -0.2) is 4.98 Å². The lowest BCUT2D eigenvalue weighted by Crippen LogP contribution is -2.19. The van der Waals surface area contributed by atoms with Gasteiger partial charge in [-0.3, -0.25) is 10.1 Å². The van der Waals surface area contributed by atoms with Crippen molar-refractivity contribution in [2.75, 3.05) is 7.11 Å². The van der Waals surface area contributed by atoms with Crippen LogP contribution in [-0.4, -0.2) is 23.4 Å². The van der Waals surface area contributed by atoms with Gasteiger partial charge >= 0.3 is 17.9 Å². The predicted octanol–water partition coefficient (Wildman–Crippen LogP) is 1.36. The number of nitrogens with two attached hydrogens (primary N) is 1. The summed E-state index contributed by atoms with van der Waals surface area (Å²) in [6.45, 7) is -0.393. The maximum absolute atomic E-state index is 12.1. The van der Waals surface area contributed by atoms with Crippen molar-refractivity contribution in [2.45, 2.75) is 12.9 Å². The molecule has 0 radical (unpaired) electrons. The summed E-state index contributed by atoms with van der Waals surface area (Å²) in [6, 6.07) is 0. The molecule has 0 saturated heterocycles. The van der Waals surface area contributed by atoms with Gasteiger partial charge < -0.3 is 15.2 Å². The molecule has 0 unspecified atom stereocenters. The van der Waals surface area contributed by atoms with Gasteiger partial charge in [-0.1, -0.05) is 0 Å². The first-order chi connectivity index (χ1) is 8.30. The molecule has 0 aromatic carbocycles. The summed E-state index contributed by atoms with van der Waals surface area (Å²) in [6.07, 6.45) is -4.21. The molecule has 1 heterocycles. The van der Waals surface area contributed by atoms with Gasteiger partial charge in [0.05, 0.1) is 23.8 Å². The normalized spacial score (nSPS) is 11.2. The van der Waals surface area contributed by atoms with Crippen molar-refractivity contribution in [2.24, 2.45) is 5.73 Å². The molecule has 1 aromatic heterocycles. The number of pyridine rings is 1. The zero-order valence-electron chi connectivity index (χ0n) is 9.02. The fourth-order valence-corrected chi connectivity index (χ4v) is 1.25. The number of nitro groups is 1. The molecule has 0 bridgehead atoms. The minimum absolute atomic E-state index is 0.0845. The van der Waals surface area contributed by atoms with Crippen molar-refractivity contribution in [1.82, 2.24) is 4.98 Å². The number of hydrogen-bond acceptors (Lipinski definition) is 6. The summed E-state index contributed by atoms with van der Waals surface area (Å²) in [5, 5.41) is 10.8. The number of methoxy groups -OCH3 is 1. The van der Waals surface area contributed by atoms with E-state index in [4.69, 9.17) is 10.5 Å². The van der Waals surface area contributed by atoms with E-state index in [1.807, 2.05) is 0 Å². The molecule has 0 aliphatic rings. The minimum Gasteiger partial charge on any atom is -0.495 e. The summed E-state index contributed by atoms with van der Waals surface area (Å²) in [7, 11) is 1.18. The molecular weight excluding hydrogens is 259 g/mol. The molecule has 1 aromatic rings. The molecule has 1 rings (SSSR count). The van der Waals surface area contributed by atoms with Crippen LogP contribution in [0.3, 0.4) is 0 Å². The number of alkyl halides is 3. The highest BCUT2D eigenvalue weighted by Crippen LogP contribution is 2.37. The van der Waals surface area contributed by atoms with E-state index in [2.05, 4.69) is 9.72 Å². The second-order valence-electron chi connectivity index (χ2n) is 2.97. The second-order valence-corrected chi connectivity index (χ2v) is 2.97. The predicted molar refractivity (Wildman–Crippen MR) is 52.0 cm³/mol. The smallest absolute Gasteiger partial charge is 0.495 e. The quantitative estimate of drug-likeness (QED) is 0.652. The summed E-state index contributed by atoms with van der Waals surface area (Å²) < 4.78 is 44.4. The van der Waals surface area contributed by atoms with Crippen molar-refractivity contribution in [3.63, 3.8) is 0 Å². The summed E-state index contributed by atoms with van der Waals surface area (Å²) in [5.41, 5.74) is 4.06. The first-order valence-corrected chi connectivity index (χ1v) is 4.46. The Balaban J connectivity index is 3.39. The van der Waals surface area contributed by atoms with E-state index in [1.54, 1.807) is 0 Å². The lowest BCUT2D eigenvalue weighted by molar-refractivity contribution is -0.390. The first-order valence-electron chi connectivity index (χ1n) is 4.46. The standard InChI is InChI=1S/C8H8F3N3O4/c1-17-5-3-13-7(18-8(9,10)11)6(14(15)16)4(5)2-12/h3H,2,12H2,1H3. The number of ether oxygens (including phenoxy) is 2. The SMILES string of the molecule is COc1cnc(OC(F)(F)F)c([N+](=O)[O-])c1CN. The summed E-state index contributed by atoms with van der Waals surface area (Å²) in [5.74, 6) is -1.26. The van der Waals surface area contributed by atoms with Crippen LogP contribution in [0.1, 0.15) is 5.56 Å². The maximum atomic E-state index is 12.1. The molecule has 100 valence electrons. The molecule has 0 amide bonds. The molecule has 7 nitrogen and oxygen atoms in total. The average Bonchev–Trinajstić information content (AvgIpc) is 2.25. The van der Waals surface area contributed by atoms with Crippen LogP contribution in [0.25, 0.3) is 0 Å². The van der Waals surface area contributed by atoms with E-state index in [1.165, 1.54) is 7.11 Å². The first kappa shape index (κ1) is 14.0. The number of rotatable bonds is 4. The van der Waals surface area contributed by atoms with Crippen molar-refractivity contribution < 1.29 is 27.6 Å². The second kappa shape index (κ2) is 5.04. The summed E-state index contributed by atoms with van der Waals surface area (Å²) in [4.78, 5) is 12.9. The van der Waals surface area contributed by atoms with E-state index in [-0.39, 0.29) is 11.3 Å². The van der Waals surface area contributed by atoms with Gasteiger partial charge in [0.25, 0.3) is 0 Å². The molecule has 2 N–H and O–H groups in total. The van der Waals surface area contributed by atoms with Crippen LogP contribution in [-0.2, 0) is 6.54 Å². The molecule has 10 heteroatoms. The minimum atomic E-state index is -5.09.